The molecule has 0 saturated carbocycles. The van der Waals surface area contributed by atoms with Crippen LogP contribution in [0.2, 0.25) is 0 Å². The SMILES string of the molecule is N#Cc1ccc2c(c1)c1ccccc1n2-c1cccc([Si](c2ccccc2)(c2ccccc2)c2ccc3c(c2)c2ccccc2n3-c2ccccc2)c1. The maximum atomic E-state index is 9.77. The van der Waals surface area contributed by atoms with E-state index in [0.717, 1.165) is 33.2 Å². The van der Waals surface area contributed by atoms with E-state index < -0.39 is 8.07 Å². The number of nitrogens with zero attached hydrogens (tertiary/aromatic N) is 3. The molecule has 10 rings (SSSR count). The summed E-state index contributed by atoms with van der Waals surface area (Å²) in [4.78, 5) is 0. The van der Waals surface area contributed by atoms with Crippen molar-refractivity contribution < 1.29 is 0 Å². The van der Waals surface area contributed by atoms with Crippen molar-refractivity contribution in [2.45, 2.75) is 0 Å². The van der Waals surface area contributed by atoms with Gasteiger partial charge in [0.05, 0.1) is 33.7 Å². The van der Waals surface area contributed by atoms with Gasteiger partial charge in [0, 0.05) is 32.9 Å². The van der Waals surface area contributed by atoms with Gasteiger partial charge in [-0.15, -0.1) is 0 Å². The summed E-state index contributed by atoms with van der Waals surface area (Å²) in [6.45, 7) is 0. The smallest absolute Gasteiger partial charge is 0.179 e. The molecular formula is C49H33N3Si. The van der Waals surface area contributed by atoms with E-state index in [2.05, 4.69) is 203 Å². The van der Waals surface area contributed by atoms with Crippen molar-refractivity contribution in [1.82, 2.24) is 9.13 Å². The zero-order valence-electron chi connectivity index (χ0n) is 28.9. The van der Waals surface area contributed by atoms with Crippen LogP contribution in [0.4, 0.5) is 0 Å². The first-order chi connectivity index (χ1) is 26.3. The van der Waals surface area contributed by atoms with Crippen LogP contribution in [-0.2, 0) is 0 Å². The molecule has 0 fully saturated rings. The summed E-state index contributed by atoms with van der Waals surface area (Å²) in [6, 6.07) is 75.1. The highest BCUT2D eigenvalue weighted by Gasteiger charge is 2.42. The molecule has 0 bridgehead atoms. The lowest BCUT2D eigenvalue weighted by Crippen LogP contribution is -2.74. The maximum Gasteiger partial charge on any atom is 0.179 e. The molecule has 2 heterocycles. The van der Waals surface area contributed by atoms with Crippen molar-refractivity contribution in [3.05, 3.63) is 206 Å². The second-order valence-electron chi connectivity index (χ2n) is 13.6. The number of rotatable bonds is 6. The first kappa shape index (κ1) is 30.9. The van der Waals surface area contributed by atoms with Gasteiger partial charge in [0.25, 0.3) is 0 Å². The average molecular weight is 692 g/mol. The molecule has 2 aromatic heterocycles. The highest BCUT2D eigenvalue weighted by molar-refractivity contribution is 7.20. The predicted molar refractivity (Wildman–Crippen MR) is 223 cm³/mol. The van der Waals surface area contributed by atoms with E-state index in [1.807, 2.05) is 12.1 Å². The minimum absolute atomic E-state index is 0.665. The number of hydrogen-bond donors (Lipinski definition) is 0. The van der Waals surface area contributed by atoms with Crippen LogP contribution >= 0.6 is 0 Å². The Morgan fingerprint density at radius 3 is 1.42 bits per heavy atom. The Bertz CT molecular complexity index is 2970. The van der Waals surface area contributed by atoms with Crippen molar-refractivity contribution in [1.29, 1.82) is 5.26 Å². The Labute approximate surface area is 308 Å². The Kier molecular flexibility index (Phi) is 7.21. The molecule has 3 nitrogen and oxygen atoms in total. The molecule has 0 unspecified atom stereocenters. The van der Waals surface area contributed by atoms with Crippen molar-refractivity contribution in [3.63, 3.8) is 0 Å². The standard InChI is InChI=1S/C49H33N3Si/c50-34-35-27-29-48-44(31-35)42-23-10-13-26-47(42)52(48)37-17-14-22-40(32-37)53(38-18-6-2-7-19-38,39-20-8-3-9-21-39)41-28-30-49-45(33-41)43-24-11-12-25-46(43)51(49)36-15-4-1-5-16-36/h1-33H. The monoisotopic (exact) mass is 691 g/mol. The quantitative estimate of drug-likeness (QED) is 0.127. The summed E-state index contributed by atoms with van der Waals surface area (Å²) < 4.78 is 4.75. The molecule has 0 amide bonds. The van der Waals surface area contributed by atoms with Gasteiger partial charge in [-0.05, 0) is 81.4 Å². The fourth-order valence-electron chi connectivity index (χ4n) is 8.64. The van der Waals surface area contributed by atoms with E-state index >= 15 is 0 Å². The summed E-state index contributed by atoms with van der Waals surface area (Å²) in [7, 11) is -2.93. The van der Waals surface area contributed by atoms with E-state index in [4.69, 9.17) is 0 Å². The largest absolute Gasteiger partial charge is 0.309 e. The molecule has 248 valence electrons. The van der Waals surface area contributed by atoms with Crippen LogP contribution < -0.4 is 20.7 Å². The number of fused-ring (bicyclic) bond motifs is 6. The number of para-hydroxylation sites is 3. The normalized spacial score (nSPS) is 11.8. The zero-order valence-corrected chi connectivity index (χ0v) is 29.9. The number of aromatic nitrogens is 2. The summed E-state index contributed by atoms with van der Waals surface area (Å²) >= 11 is 0. The van der Waals surface area contributed by atoms with Crippen LogP contribution in [-0.4, -0.2) is 17.2 Å². The van der Waals surface area contributed by atoms with Gasteiger partial charge in [0.2, 0.25) is 0 Å². The fraction of sp³-hybridized carbons (Fsp3) is 0. The minimum Gasteiger partial charge on any atom is -0.309 e. The summed E-state index contributed by atoms with van der Waals surface area (Å²) in [5.74, 6) is 0. The van der Waals surface area contributed by atoms with Gasteiger partial charge in [-0.1, -0.05) is 140 Å². The lowest BCUT2D eigenvalue weighted by Gasteiger charge is -2.35. The van der Waals surface area contributed by atoms with Gasteiger partial charge in [-0.3, -0.25) is 0 Å². The molecule has 10 aromatic rings. The summed E-state index contributed by atoms with van der Waals surface area (Å²) in [5, 5.41) is 19.8. The van der Waals surface area contributed by atoms with Gasteiger partial charge in [0.15, 0.2) is 8.07 Å². The van der Waals surface area contributed by atoms with Crippen LogP contribution in [0.5, 0.6) is 0 Å². The molecule has 8 aromatic carbocycles. The summed E-state index contributed by atoms with van der Waals surface area (Å²) in [5.41, 5.74) is 7.52. The van der Waals surface area contributed by atoms with E-state index in [1.54, 1.807) is 0 Å². The number of benzene rings is 8. The Morgan fingerprint density at radius 1 is 0.340 bits per heavy atom. The number of nitriles is 1. The highest BCUT2D eigenvalue weighted by Crippen LogP contribution is 2.34. The molecule has 53 heavy (non-hydrogen) atoms. The van der Waals surface area contributed by atoms with Crippen molar-refractivity contribution in [2.75, 3.05) is 0 Å². The lowest BCUT2D eigenvalue weighted by atomic mass is 10.1. The van der Waals surface area contributed by atoms with Crippen LogP contribution in [0.15, 0.2) is 200 Å². The molecule has 0 spiro atoms. The first-order valence-corrected chi connectivity index (χ1v) is 20.0. The third-order valence-electron chi connectivity index (χ3n) is 10.9. The molecule has 4 heteroatoms. The number of hydrogen-bond acceptors (Lipinski definition) is 1. The minimum atomic E-state index is -2.93. The van der Waals surface area contributed by atoms with Gasteiger partial charge in [-0.25, -0.2) is 0 Å². The molecule has 0 atom stereocenters. The fourth-order valence-corrected chi connectivity index (χ4v) is 13.4. The van der Waals surface area contributed by atoms with Crippen molar-refractivity contribution in [2.24, 2.45) is 0 Å². The van der Waals surface area contributed by atoms with Gasteiger partial charge in [0.1, 0.15) is 0 Å². The van der Waals surface area contributed by atoms with Crippen molar-refractivity contribution >= 4 is 72.4 Å². The average Bonchev–Trinajstić information content (AvgIpc) is 3.75. The highest BCUT2D eigenvalue weighted by atomic mass is 28.3. The Balaban J connectivity index is 1.30. The molecule has 0 aliphatic heterocycles. The summed E-state index contributed by atoms with van der Waals surface area (Å²) in [6.07, 6.45) is 0. The van der Waals surface area contributed by atoms with Crippen LogP contribution in [0.3, 0.4) is 0 Å². The van der Waals surface area contributed by atoms with Crippen molar-refractivity contribution in [3.8, 4) is 17.4 Å². The van der Waals surface area contributed by atoms with E-state index in [-0.39, 0.29) is 0 Å². The van der Waals surface area contributed by atoms with E-state index in [9.17, 15) is 5.26 Å². The van der Waals surface area contributed by atoms with Gasteiger partial charge < -0.3 is 9.13 Å². The van der Waals surface area contributed by atoms with E-state index in [1.165, 1.54) is 42.6 Å². The second kappa shape index (κ2) is 12.4. The van der Waals surface area contributed by atoms with Crippen LogP contribution in [0, 0.1) is 11.3 Å². The third kappa shape index (κ3) is 4.72. The second-order valence-corrected chi connectivity index (χ2v) is 17.5. The third-order valence-corrected chi connectivity index (χ3v) is 15.6. The zero-order chi connectivity index (χ0) is 35.4. The van der Waals surface area contributed by atoms with Crippen LogP contribution in [0.1, 0.15) is 5.56 Å². The predicted octanol–water partition coefficient (Wildman–Crippen LogP) is 9.13. The Hall–Kier alpha value is -6.93. The molecule has 0 N–H and O–H groups in total. The maximum absolute atomic E-state index is 9.77. The Morgan fingerprint density at radius 2 is 0.792 bits per heavy atom. The first-order valence-electron chi connectivity index (χ1n) is 18.0. The van der Waals surface area contributed by atoms with E-state index in [0.29, 0.717) is 5.56 Å². The molecular weight excluding hydrogens is 659 g/mol. The molecule has 0 saturated heterocycles. The topological polar surface area (TPSA) is 33.6 Å². The van der Waals surface area contributed by atoms with Gasteiger partial charge >= 0.3 is 0 Å². The van der Waals surface area contributed by atoms with Gasteiger partial charge in [-0.2, -0.15) is 5.26 Å². The molecule has 0 radical (unpaired) electrons. The lowest BCUT2D eigenvalue weighted by molar-refractivity contribution is 1.18. The molecule has 0 aliphatic carbocycles. The van der Waals surface area contributed by atoms with Crippen LogP contribution in [0.25, 0.3) is 55.0 Å². The molecule has 0 aliphatic rings.